The third kappa shape index (κ3) is 5.29. The number of benzene rings is 1. The van der Waals surface area contributed by atoms with Gasteiger partial charge in [0.2, 0.25) is 5.88 Å². The number of nitrogens with zero attached hydrogens (tertiary/aromatic N) is 3. The number of carbonyl (C=O) groups excluding carboxylic acids is 1. The van der Waals surface area contributed by atoms with Crippen LogP contribution in [-0.4, -0.2) is 77.8 Å². The normalized spacial score (nSPS) is 17.7. The van der Waals surface area contributed by atoms with Crippen LogP contribution >= 0.6 is 0 Å². The van der Waals surface area contributed by atoms with Gasteiger partial charge in [-0.05, 0) is 45.0 Å². The van der Waals surface area contributed by atoms with E-state index in [-0.39, 0.29) is 0 Å². The highest BCUT2D eigenvalue weighted by Crippen LogP contribution is 2.37. The van der Waals surface area contributed by atoms with E-state index in [9.17, 15) is 13.2 Å². The van der Waals surface area contributed by atoms with Crippen molar-refractivity contribution in [1.82, 2.24) is 19.9 Å². The van der Waals surface area contributed by atoms with Crippen molar-refractivity contribution in [2.24, 2.45) is 5.73 Å². The van der Waals surface area contributed by atoms with Gasteiger partial charge in [-0.25, -0.2) is 9.97 Å². The minimum absolute atomic E-state index is 0.331. The fraction of sp³-hybridized carbons (Fsp3) is 0.409. The standard InChI is InChI=1S/C21H23N5O3.CH4O3S/c1-26-5-4-14(26)10-29-16-8-15(18-19(25-11-24-18)17(16)20(22)27)13-7-12-3-2-6-28-21(12)23-9-13;1-5(2,3)4/h7-9,11,14H,2-6,10H2,1H3,(H2,22,27)(H,24,25);1H3,(H,2,3,4). The molecule has 1 aromatic carbocycles. The second kappa shape index (κ2) is 9.57. The second-order valence-corrected chi connectivity index (χ2v) is 9.86. The van der Waals surface area contributed by atoms with Crippen LogP contribution in [0, 0.1) is 0 Å². The summed E-state index contributed by atoms with van der Waals surface area (Å²) in [5, 5.41) is 0. The molecule has 12 heteroatoms. The first-order valence-electron chi connectivity index (χ1n) is 10.8. The maximum atomic E-state index is 12.2. The van der Waals surface area contributed by atoms with Crippen LogP contribution in [0.15, 0.2) is 24.7 Å². The van der Waals surface area contributed by atoms with Gasteiger partial charge in [0.05, 0.1) is 30.2 Å². The van der Waals surface area contributed by atoms with Crippen molar-refractivity contribution < 1.29 is 27.2 Å². The van der Waals surface area contributed by atoms with Crippen molar-refractivity contribution >= 4 is 27.1 Å². The predicted molar refractivity (Wildman–Crippen MR) is 126 cm³/mol. The molecular weight excluding hydrogens is 462 g/mol. The molecular formula is C22H27N5O6S. The number of likely N-dealkylation sites (N-methyl/N-ethyl adjacent to an activating group) is 1. The molecule has 0 bridgehead atoms. The van der Waals surface area contributed by atoms with Gasteiger partial charge in [-0.1, -0.05) is 0 Å². The lowest BCUT2D eigenvalue weighted by Gasteiger charge is -2.37. The lowest BCUT2D eigenvalue weighted by molar-refractivity contribution is 0.0760. The quantitative estimate of drug-likeness (QED) is 0.452. The fourth-order valence-corrected chi connectivity index (χ4v) is 4.01. The number of carbonyl (C=O) groups is 1. The number of imidazole rings is 1. The Hall–Kier alpha value is -3.22. The Kier molecular flexibility index (Phi) is 6.73. The number of ether oxygens (including phenoxy) is 2. The molecule has 0 saturated carbocycles. The van der Waals surface area contributed by atoms with Crippen LogP contribution in [0.5, 0.6) is 11.6 Å². The van der Waals surface area contributed by atoms with Gasteiger partial charge in [0.25, 0.3) is 16.0 Å². The molecule has 11 nitrogen and oxygen atoms in total. The number of likely N-dealkylation sites (tertiary alicyclic amines) is 1. The first-order chi connectivity index (χ1) is 16.1. The van der Waals surface area contributed by atoms with E-state index in [0.29, 0.717) is 53.7 Å². The number of aryl methyl sites for hydroxylation is 1. The summed E-state index contributed by atoms with van der Waals surface area (Å²) in [6, 6.07) is 4.28. The van der Waals surface area contributed by atoms with E-state index in [2.05, 4.69) is 33.0 Å². The summed E-state index contributed by atoms with van der Waals surface area (Å²) in [7, 11) is -1.60. The molecule has 1 amide bonds. The summed E-state index contributed by atoms with van der Waals surface area (Å²) in [6.45, 7) is 2.26. The molecule has 34 heavy (non-hydrogen) atoms. The molecule has 2 aliphatic heterocycles. The molecule has 1 atom stereocenters. The van der Waals surface area contributed by atoms with Crippen molar-refractivity contribution in [3.63, 3.8) is 0 Å². The van der Waals surface area contributed by atoms with Crippen molar-refractivity contribution in [3.05, 3.63) is 35.8 Å². The first-order valence-corrected chi connectivity index (χ1v) is 12.6. The van der Waals surface area contributed by atoms with E-state index in [1.165, 1.54) is 0 Å². The van der Waals surface area contributed by atoms with Gasteiger partial charge in [-0.15, -0.1) is 0 Å². The van der Waals surface area contributed by atoms with Gasteiger partial charge in [0.15, 0.2) is 0 Å². The minimum atomic E-state index is -3.67. The molecule has 2 aliphatic rings. The van der Waals surface area contributed by atoms with E-state index >= 15 is 0 Å². The SMILES string of the molecule is CN1CCC1COc1cc(-c2cnc3c(c2)CCCO3)c2nc[nH]c2c1C(N)=O.CS(=O)(=O)O. The molecule has 0 aliphatic carbocycles. The number of aromatic amines is 1. The molecule has 4 N–H and O–H groups in total. The Morgan fingerprint density at radius 2 is 2.15 bits per heavy atom. The zero-order valence-corrected chi connectivity index (χ0v) is 19.8. The second-order valence-electron chi connectivity index (χ2n) is 8.40. The maximum absolute atomic E-state index is 12.2. The Morgan fingerprint density at radius 1 is 1.38 bits per heavy atom. The number of H-pyrrole nitrogens is 1. The summed E-state index contributed by atoms with van der Waals surface area (Å²) in [6.07, 6.45) is 7.04. The van der Waals surface area contributed by atoms with Crippen LogP contribution in [-0.2, 0) is 16.5 Å². The number of amides is 1. The highest BCUT2D eigenvalue weighted by atomic mass is 32.2. The van der Waals surface area contributed by atoms with Gasteiger partial charge in [0.1, 0.15) is 17.9 Å². The van der Waals surface area contributed by atoms with E-state index in [1.54, 1.807) is 12.5 Å². The van der Waals surface area contributed by atoms with Gasteiger partial charge < -0.3 is 20.2 Å². The Bertz CT molecular complexity index is 1310. The Labute approximate surface area is 197 Å². The molecule has 0 radical (unpaired) electrons. The summed E-state index contributed by atoms with van der Waals surface area (Å²) in [5.74, 6) is 0.620. The summed E-state index contributed by atoms with van der Waals surface area (Å²) in [4.78, 5) is 26.4. The molecule has 4 heterocycles. The molecule has 3 aromatic rings. The summed E-state index contributed by atoms with van der Waals surface area (Å²) in [5.41, 5.74) is 10.1. The van der Waals surface area contributed by atoms with Crippen LogP contribution in [0.4, 0.5) is 0 Å². The predicted octanol–water partition coefficient (Wildman–Crippen LogP) is 1.64. The van der Waals surface area contributed by atoms with E-state index in [1.807, 2.05) is 6.07 Å². The number of hydrogen-bond acceptors (Lipinski definition) is 8. The average Bonchev–Trinajstić information content (AvgIpc) is 3.25. The zero-order chi connectivity index (χ0) is 24.5. The lowest BCUT2D eigenvalue weighted by atomic mass is 9.98. The van der Waals surface area contributed by atoms with Crippen molar-refractivity contribution in [2.75, 3.05) is 33.1 Å². The van der Waals surface area contributed by atoms with E-state index in [0.717, 1.165) is 42.5 Å². The first kappa shape index (κ1) is 23.9. The topological polar surface area (TPSA) is 161 Å². The van der Waals surface area contributed by atoms with Gasteiger partial charge in [-0.2, -0.15) is 8.42 Å². The number of aromatic nitrogens is 3. The minimum Gasteiger partial charge on any atom is -0.491 e. The number of hydrogen-bond donors (Lipinski definition) is 3. The molecule has 0 spiro atoms. The maximum Gasteiger partial charge on any atom is 0.261 e. The number of nitrogens with one attached hydrogen (secondary N) is 1. The van der Waals surface area contributed by atoms with E-state index < -0.39 is 16.0 Å². The third-order valence-corrected chi connectivity index (χ3v) is 5.85. The highest BCUT2D eigenvalue weighted by molar-refractivity contribution is 7.85. The summed E-state index contributed by atoms with van der Waals surface area (Å²) < 4.78 is 37.6. The van der Waals surface area contributed by atoms with Crippen molar-refractivity contribution in [3.8, 4) is 22.8 Å². The van der Waals surface area contributed by atoms with Gasteiger partial charge >= 0.3 is 0 Å². The molecule has 182 valence electrons. The Balaban J connectivity index is 0.000000499. The van der Waals surface area contributed by atoms with Crippen LogP contribution in [0.2, 0.25) is 0 Å². The number of rotatable bonds is 5. The monoisotopic (exact) mass is 489 g/mol. The Morgan fingerprint density at radius 3 is 2.79 bits per heavy atom. The van der Waals surface area contributed by atoms with Crippen molar-refractivity contribution in [1.29, 1.82) is 0 Å². The van der Waals surface area contributed by atoms with Crippen LogP contribution in [0.25, 0.3) is 22.2 Å². The smallest absolute Gasteiger partial charge is 0.261 e. The molecule has 1 saturated heterocycles. The number of fused-ring (bicyclic) bond motifs is 2. The molecule has 1 fully saturated rings. The number of primary amides is 1. The van der Waals surface area contributed by atoms with Crippen LogP contribution in [0.3, 0.4) is 0 Å². The zero-order valence-electron chi connectivity index (χ0n) is 18.9. The number of nitrogens with two attached hydrogens (primary N) is 1. The highest BCUT2D eigenvalue weighted by Gasteiger charge is 2.27. The molecule has 2 aromatic heterocycles. The van der Waals surface area contributed by atoms with Crippen LogP contribution < -0.4 is 15.2 Å². The van der Waals surface area contributed by atoms with E-state index in [4.69, 9.17) is 19.8 Å². The molecule has 1 unspecified atom stereocenters. The average molecular weight is 490 g/mol. The third-order valence-electron chi connectivity index (χ3n) is 5.85. The van der Waals surface area contributed by atoms with Gasteiger partial charge in [0, 0.05) is 28.9 Å². The largest absolute Gasteiger partial charge is 0.491 e. The number of pyridine rings is 1. The lowest BCUT2D eigenvalue weighted by Crippen LogP contribution is -2.48. The van der Waals surface area contributed by atoms with Gasteiger partial charge in [-0.3, -0.25) is 14.2 Å². The van der Waals surface area contributed by atoms with Crippen LogP contribution in [0.1, 0.15) is 28.8 Å². The molecule has 5 rings (SSSR count). The van der Waals surface area contributed by atoms with Crippen molar-refractivity contribution in [2.45, 2.75) is 25.3 Å². The summed E-state index contributed by atoms with van der Waals surface area (Å²) >= 11 is 0. The fourth-order valence-electron chi connectivity index (χ4n) is 4.01.